The molecule has 0 amide bonds. The van der Waals surface area contributed by atoms with E-state index in [2.05, 4.69) is 4.52 Å². The predicted molar refractivity (Wildman–Crippen MR) is 34.7 cm³/mol. The summed E-state index contributed by atoms with van der Waals surface area (Å²) in [7, 11) is -0.241. The van der Waals surface area contributed by atoms with Crippen LogP contribution in [0.3, 0.4) is 0 Å². The van der Waals surface area contributed by atoms with Crippen molar-refractivity contribution < 1.29 is 13.8 Å². The molecule has 0 atom stereocenters. The van der Waals surface area contributed by atoms with E-state index < -0.39 is 0 Å². The third-order valence-electron chi connectivity index (χ3n) is 0.781. The molecule has 0 bridgehead atoms. The Morgan fingerprint density at radius 1 is 1.44 bits per heavy atom. The fraction of sp³-hybridized carbons (Fsp3) is 1.00. The Kier molecular flexibility index (Phi) is 8.04. The van der Waals surface area contributed by atoms with Crippen molar-refractivity contribution in [2.45, 2.75) is 13.3 Å². The Hall–Kier alpha value is 0.0200. The fourth-order valence-electron chi connectivity index (χ4n) is 0.407. The number of ether oxygens (including phenoxy) is 1. The van der Waals surface area contributed by atoms with Crippen molar-refractivity contribution in [1.29, 1.82) is 0 Å². The highest BCUT2D eigenvalue weighted by Crippen LogP contribution is 1.94. The molecule has 0 saturated carbocycles. The smallest absolute Gasteiger partial charge is 0.327 e. The van der Waals surface area contributed by atoms with Crippen LogP contribution in [0.1, 0.15) is 13.3 Å². The summed E-state index contributed by atoms with van der Waals surface area (Å²) in [5.41, 5.74) is 0. The number of hydrogen-bond donors (Lipinski definition) is 0. The van der Waals surface area contributed by atoms with Gasteiger partial charge >= 0.3 is 8.69 Å². The summed E-state index contributed by atoms with van der Waals surface area (Å²) < 4.78 is 19.2. The summed E-state index contributed by atoms with van der Waals surface area (Å²) in [4.78, 5) is 0. The van der Waals surface area contributed by atoms with Crippen LogP contribution < -0.4 is 0 Å². The standard InChI is InChI=1S/C5H11O3P/c1-2-7-4-3-5-8-9-6/h2-5H2,1H3. The van der Waals surface area contributed by atoms with Crippen molar-refractivity contribution in [3.63, 3.8) is 0 Å². The van der Waals surface area contributed by atoms with Gasteiger partial charge in [0.15, 0.2) is 0 Å². The maximum absolute atomic E-state index is 9.67. The van der Waals surface area contributed by atoms with Gasteiger partial charge in [-0.05, 0) is 13.3 Å². The van der Waals surface area contributed by atoms with E-state index >= 15 is 0 Å². The summed E-state index contributed by atoms with van der Waals surface area (Å²) in [6.45, 7) is 3.86. The first kappa shape index (κ1) is 9.02. The van der Waals surface area contributed by atoms with Gasteiger partial charge in [0.2, 0.25) is 0 Å². The Bertz CT molecular complexity index is 67.2. The minimum Gasteiger partial charge on any atom is -0.382 e. The van der Waals surface area contributed by atoms with Crippen molar-refractivity contribution in [2.24, 2.45) is 0 Å². The summed E-state index contributed by atoms with van der Waals surface area (Å²) in [5.74, 6) is 0. The van der Waals surface area contributed by atoms with Crippen LogP contribution in [-0.2, 0) is 13.8 Å². The minimum atomic E-state index is -0.241. The fourth-order valence-corrected chi connectivity index (χ4v) is 0.611. The molecule has 0 saturated heterocycles. The topological polar surface area (TPSA) is 35.5 Å². The molecule has 0 rings (SSSR count). The van der Waals surface area contributed by atoms with Crippen LogP contribution >= 0.6 is 8.69 Å². The average Bonchev–Trinajstić information content (AvgIpc) is 1.89. The Morgan fingerprint density at radius 3 is 2.78 bits per heavy atom. The summed E-state index contributed by atoms with van der Waals surface area (Å²) in [6.07, 6.45) is 0.809. The van der Waals surface area contributed by atoms with Gasteiger partial charge < -0.3 is 4.74 Å². The van der Waals surface area contributed by atoms with Crippen LogP contribution in [0.4, 0.5) is 0 Å². The first-order valence-corrected chi connectivity index (χ1v) is 3.67. The van der Waals surface area contributed by atoms with E-state index in [-0.39, 0.29) is 8.69 Å². The van der Waals surface area contributed by atoms with Gasteiger partial charge in [-0.15, -0.1) is 0 Å². The highest BCUT2D eigenvalue weighted by molar-refractivity contribution is 7.17. The van der Waals surface area contributed by atoms with Crippen LogP contribution in [0.2, 0.25) is 0 Å². The van der Waals surface area contributed by atoms with Gasteiger partial charge in [0.1, 0.15) is 0 Å². The Labute approximate surface area is 56.6 Å². The first-order valence-electron chi connectivity index (χ1n) is 2.94. The van der Waals surface area contributed by atoms with Crippen molar-refractivity contribution in [3.05, 3.63) is 0 Å². The van der Waals surface area contributed by atoms with Crippen molar-refractivity contribution in [3.8, 4) is 0 Å². The molecule has 3 nitrogen and oxygen atoms in total. The largest absolute Gasteiger partial charge is 0.382 e. The van der Waals surface area contributed by atoms with Crippen molar-refractivity contribution in [2.75, 3.05) is 19.8 Å². The highest BCUT2D eigenvalue weighted by Gasteiger charge is 1.85. The van der Waals surface area contributed by atoms with E-state index in [1.54, 1.807) is 0 Å². The molecular formula is C5H11O3P. The molecule has 9 heavy (non-hydrogen) atoms. The number of hydrogen-bond acceptors (Lipinski definition) is 3. The molecule has 4 heteroatoms. The summed E-state index contributed by atoms with van der Waals surface area (Å²) >= 11 is 0. The van der Waals surface area contributed by atoms with Gasteiger partial charge in [-0.2, -0.15) is 0 Å². The van der Waals surface area contributed by atoms with Gasteiger partial charge in [0.05, 0.1) is 6.61 Å². The van der Waals surface area contributed by atoms with E-state index in [1.165, 1.54) is 0 Å². The van der Waals surface area contributed by atoms with E-state index in [0.29, 0.717) is 13.2 Å². The molecule has 0 fully saturated rings. The second-order valence-corrected chi connectivity index (χ2v) is 1.87. The summed E-state index contributed by atoms with van der Waals surface area (Å²) in [6, 6.07) is 0. The average molecular weight is 150 g/mol. The molecule has 0 aromatic heterocycles. The van der Waals surface area contributed by atoms with E-state index in [9.17, 15) is 4.57 Å². The molecule has 0 aliphatic carbocycles. The quantitative estimate of drug-likeness (QED) is 0.426. The zero-order valence-electron chi connectivity index (χ0n) is 5.50. The lowest BCUT2D eigenvalue weighted by molar-refractivity contribution is 0.133. The zero-order valence-corrected chi connectivity index (χ0v) is 6.39. The normalized spacial score (nSPS) is 10.3. The third-order valence-corrected chi connectivity index (χ3v) is 1.07. The van der Waals surface area contributed by atoms with Gasteiger partial charge in [-0.25, -0.2) is 4.57 Å². The maximum Gasteiger partial charge on any atom is 0.327 e. The van der Waals surface area contributed by atoms with Gasteiger partial charge in [0, 0.05) is 13.2 Å². The second kappa shape index (κ2) is 8.02. The molecule has 0 aliphatic heterocycles. The molecule has 0 spiro atoms. The van der Waals surface area contributed by atoms with E-state index in [1.807, 2.05) is 6.92 Å². The molecule has 0 aromatic carbocycles. The Balaban J connectivity index is 2.66. The molecule has 0 unspecified atom stereocenters. The monoisotopic (exact) mass is 150 g/mol. The number of rotatable bonds is 6. The third kappa shape index (κ3) is 8.02. The molecule has 54 valence electrons. The second-order valence-electron chi connectivity index (χ2n) is 1.46. The molecule has 0 heterocycles. The van der Waals surface area contributed by atoms with Crippen molar-refractivity contribution in [1.82, 2.24) is 0 Å². The van der Waals surface area contributed by atoms with Crippen LogP contribution in [0.15, 0.2) is 0 Å². The lowest BCUT2D eigenvalue weighted by Crippen LogP contribution is -1.96. The minimum absolute atomic E-state index is 0.241. The van der Waals surface area contributed by atoms with E-state index in [0.717, 1.165) is 13.0 Å². The first-order chi connectivity index (χ1) is 4.41. The van der Waals surface area contributed by atoms with Crippen LogP contribution in [-0.4, -0.2) is 19.8 Å². The zero-order chi connectivity index (χ0) is 6.95. The highest BCUT2D eigenvalue weighted by atomic mass is 31.1. The van der Waals surface area contributed by atoms with Crippen molar-refractivity contribution >= 4 is 8.69 Å². The molecule has 0 radical (unpaired) electrons. The maximum atomic E-state index is 9.67. The van der Waals surface area contributed by atoms with E-state index in [4.69, 9.17) is 4.74 Å². The lowest BCUT2D eigenvalue weighted by atomic mass is 10.5. The SMILES string of the molecule is CCOCCCOP=O. The van der Waals surface area contributed by atoms with Gasteiger partial charge in [-0.3, -0.25) is 4.52 Å². The summed E-state index contributed by atoms with van der Waals surface area (Å²) in [5, 5.41) is 0. The molecule has 0 N–H and O–H groups in total. The molecule has 0 aromatic rings. The van der Waals surface area contributed by atoms with Gasteiger partial charge in [0.25, 0.3) is 0 Å². The molecular weight excluding hydrogens is 139 g/mol. The van der Waals surface area contributed by atoms with Crippen LogP contribution in [0.25, 0.3) is 0 Å². The van der Waals surface area contributed by atoms with Crippen LogP contribution in [0, 0.1) is 0 Å². The Morgan fingerprint density at radius 2 is 2.22 bits per heavy atom. The molecule has 0 aliphatic rings. The lowest BCUT2D eigenvalue weighted by Gasteiger charge is -1.96. The predicted octanol–water partition coefficient (Wildman–Crippen LogP) is 1.64. The van der Waals surface area contributed by atoms with Gasteiger partial charge in [-0.1, -0.05) is 0 Å². The van der Waals surface area contributed by atoms with Crippen LogP contribution in [0.5, 0.6) is 0 Å².